The van der Waals surface area contributed by atoms with Crippen LogP contribution in [0.3, 0.4) is 0 Å². The molecule has 0 bridgehead atoms. The van der Waals surface area contributed by atoms with Crippen molar-refractivity contribution in [1.82, 2.24) is 20.2 Å². The topological polar surface area (TPSA) is 86.7 Å². The third-order valence-electron chi connectivity index (χ3n) is 1.25. The molecule has 0 radical (unpaired) electrons. The van der Waals surface area contributed by atoms with Gasteiger partial charge in [0.2, 0.25) is 11.6 Å². The number of nitrogens with zero attached hydrogens (tertiary/aromatic N) is 4. The Kier molecular flexibility index (Phi) is 1.95. The first-order chi connectivity index (χ1) is 5.13. The fourth-order valence-corrected chi connectivity index (χ4v) is 0.642. The Bertz CT molecular complexity index is 266. The van der Waals surface area contributed by atoms with Gasteiger partial charge >= 0.3 is 0 Å². The lowest BCUT2D eigenvalue weighted by Crippen LogP contribution is -2.29. The summed E-state index contributed by atoms with van der Waals surface area (Å²) in [4.78, 5) is 11.1. The smallest absolute Gasteiger partial charge is 0.219 e. The summed E-state index contributed by atoms with van der Waals surface area (Å²) in [7, 11) is 1.59. The number of aromatic nitrogens is 4. The lowest BCUT2D eigenvalue weighted by molar-refractivity contribution is 0.0953. The summed E-state index contributed by atoms with van der Waals surface area (Å²) in [5.41, 5.74) is 5.34. The third kappa shape index (κ3) is 1.40. The maximum Gasteiger partial charge on any atom is 0.219 e. The fraction of sp³-hybridized carbons (Fsp3) is 0.600. The molecule has 60 valence electrons. The van der Waals surface area contributed by atoms with Gasteiger partial charge < -0.3 is 5.73 Å². The van der Waals surface area contributed by atoms with Crippen molar-refractivity contribution in [1.29, 1.82) is 0 Å². The van der Waals surface area contributed by atoms with Gasteiger partial charge in [0.05, 0.1) is 6.04 Å². The average Bonchev–Trinajstić information content (AvgIpc) is 2.33. The van der Waals surface area contributed by atoms with Crippen LogP contribution in [0.25, 0.3) is 0 Å². The van der Waals surface area contributed by atoms with Crippen molar-refractivity contribution in [3.05, 3.63) is 5.82 Å². The zero-order chi connectivity index (χ0) is 8.43. The number of Topliss-reactive ketones (excluding diaryl/α,β-unsaturated/α-hetero) is 1. The lowest BCUT2D eigenvalue weighted by Gasteiger charge is -1.99. The van der Waals surface area contributed by atoms with Gasteiger partial charge in [-0.1, -0.05) is 0 Å². The minimum absolute atomic E-state index is 0.194. The highest BCUT2D eigenvalue weighted by atomic mass is 16.1. The quantitative estimate of drug-likeness (QED) is 0.538. The minimum atomic E-state index is -0.556. The van der Waals surface area contributed by atoms with E-state index in [2.05, 4.69) is 15.5 Å². The van der Waals surface area contributed by atoms with Crippen molar-refractivity contribution in [3.8, 4) is 0 Å². The number of ketones is 1. The number of tetrazole rings is 1. The monoisotopic (exact) mass is 155 g/mol. The summed E-state index contributed by atoms with van der Waals surface area (Å²) in [5.74, 6) is -0.0579. The summed E-state index contributed by atoms with van der Waals surface area (Å²) in [6.07, 6.45) is 0. The number of rotatable bonds is 2. The second kappa shape index (κ2) is 2.75. The Morgan fingerprint density at radius 2 is 2.36 bits per heavy atom. The Hall–Kier alpha value is -1.30. The van der Waals surface area contributed by atoms with E-state index in [0.29, 0.717) is 0 Å². The number of hydrogen-bond donors (Lipinski definition) is 1. The molecule has 0 aliphatic rings. The molecule has 2 N–H and O–H groups in total. The second-order valence-electron chi connectivity index (χ2n) is 2.28. The van der Waals surface area contributed by atoms with Crippen LogP contribution < -0.4 is 5.73 Å². The Morgan fingerprint density at radius 1 is 1.73 bits per heavy atom. The summed E-state index contributed by atoms with van der Waals surface area (Å²) >= 11 is 0. The highest BCUT2D eigenvalue weighted by Crippen LogP contribution is 1.93. The standard InChI is InChI=1S/C5H9N5O/c1-3(6)4(11)5-7-8-9-10(5)2/h3H,6H2,1-2H3/t3-/m0/s1. The van der Waals surface area contributed by atoms with Crippen LogP contribution in [0, 0.1) is 0 Å². The van der Waals surface area contributed by atoms with Crippen LogP contribution in [-0.4, -0.2) is 32.0 Å². The van der Waals surface area contributed by atoms with E-state index in [9.17, 15) is 4.79 Å². The Labute approximate surface area is 63.4 Å². The number of nitrogens with two attached hydrogens (primary N) is 1. The molecular formula is C5H9N5O. The van der Waals surface area contributed by atoms with Gasteiger partial charge in [0.15, 0.2) is 0 Å². The second-order valence-corrected chi connectivity index (χ2v) is 2.28. The van der Waals surface area contributed by atoms with E-state index < -0.39 is 6.04 Å². The first-order valence-corrected chi connectivity index (χ1v) is 3.15. The van der Waals surface area contributed by atoms with Crippen LogP contribution in [-0.2, 0) is 7.05 Å². The van der Waals surface area contributed by atoms with E-state index in [1.54, 1.807) is 14.0 Å². The van der Waals surface area contributed by atoms with Crippen molar-refractivity contribution in [2.24, 2.45) is 12.8 Å². The zero-order valence-corrected chi connectivity index (χ0v) is 6.35. The van der Waals surface area contributed by atoms with Gasteiger partial charge in [-0.3, -0.25) is 4.79 Å². The Balaban J connectivity index is 2.93. The van der Waals surface area contributed by atoms with Crippen LogP contribution in [0.1, 0.15) is 17.5 Å². The first kappa shape index (κ1) is 7.80. The number of hydrogen-bond acceptors (Lipinski definition) is 5. The number of carbonyl (C=O) groups excluding carboxylic acids is 1. The summed E-state index contributed by atoms with van der Waals surface area (Å²) in [5, 5.41) is 10.3. The van der Waals surface area contributed by atoms with Crippen LogP contribution in [0.2, 0.25) is 0 Å². The van der Waals surface area contributed by atoms with Gasteiger partial charge in [0.25, 0.3) is 0 Å². The van der Waals surface area contributed by atoms with Crippen LogP contribution in [0.4, 0.5) is 0 Å². The van der Waals surface area contributed by atoms with E-state index in [1.807, 2.05) is 0 Å². The van der Waals surface area contributed by atoms with E-state index in [4.69, 9.17) is 5.73 Å². The molecular weight excluding hydrogens is 146 g/mol. The molecule has 1 aromatic rings. The molecule has 6 heteroatoms. The molecule has 0 saturated heterocycles. The molecule has 0 aliphatic carbocycles. The predicted molar refractivity (Wildman–Crippen MR) is 36.8 cm³/mol. The largest absolute Gasteiger partial charge is 0.321 e. The summed E-state index contributed by atoms with van der Waals surface area (Å²) in [6, 6.07) is -0.556. The average molecular weight is 155 g/mol. The maximum absolute atomic E-state index is 11.1. The van der Waals surface area contributed by atoms with E-state index >= 15 is 0 Å². The number of carbonyl (C=O) groups is 1. The highest BCUT2D eigenvalue weighted by molar-refractivity contribution is 5.96. The van der Waals surface area contributed by atoms with E-state index in [1.165, 1.54) is 4.68 Å². The molecule has 1 aromatic heterocycles. The van der Waals surface area contributed by atoms with Crippen LogP contribution >= 0.6 is 0 Å². The normalized spacial score (nSPS) is 13.0. The van der Waals surface area contributed by atoms with Crippen molar-refractivity contribution < 1.29 is 4.79 Å². The predicted octanol–water partition coefficient (Wildman–Crippen LogP) is -1.26. The molecule has 1 rings (SSSR count). The fourth-order valence-electron chi connectivity index (χ4n) is 0.642. The van der Waals surface area contributed by atoms with Gasteiger partial charge in [-0.25, -0.2) is 4.68 Å². The van der Waals surface area contributed by atoms with Crippen molar-refractivity contribution in [2.75, 3.05) is 0 Å². The van der Waals surface area contributed by atoms with Gasteiger partial charge in [-0.15, -0.1) is 5.10 Å². The number of aryl methyl sites for hydroxylation is 1. The summed E-state index contributed by atoms with van der Waals surface area (Å²) in [6.45, 7) is 1.59. The SMILES string of the molecule is C[C@H](N)C(=O)c1nnnn1C. The van der Waals surface area contributed by atoms with Crippen molar-refractivity contribution in [2.45, 2.75) is 13.0 Å². The lowest BCUT2D eigenvalue weighted by atomic mass is 10.2. The molecule has 11 heavy (non-hydrogen) atoms. The Morgan fingerprint density at radius 3 is 2.73 bits per heavy atom. The van der Waals surface area contributed by atoms with Gasteiger partial charge in [-0.2, -0.15) is 0 Å². The molecule has 0 amide bonds. The molecule has 0 spiro atoms. The molecule has 1 atom stereocenters. The molecule has 1 heterocycles. The van der Waals surface area contributed by atoms with Crippen LogP contribution in [0.5, 0.6) is 0 Å². The van der Waals surface area contributed by atoms with Crippen molar-refractivity contribution in [3.63, 3.8) is 0 Å². The minimum Gasteiger partial charge on any atom is -0.321 e. The molecule has 0 fully saturated rings. The van der Waals surface area contributed by atoms with E-state index in [-0.39, 0.29) is 11.6 Å². The molecule has 0 unspecified atom stereocenters. The highest BCUT2D eigenvalue weighted by Gasteiger charge is 2.16. The van der Waals surface area contributed by atoms with Gasteiger partial charge in [0.1, 0.15) is 0 Å². The summed E-state index contributed by atoms with van der Waals surface area (Å²) < 4.78 is 1.30. The van der Waals surface area contributed by atoms with Gasteiger partial charge in [-0.05, 0) is 17.4 Å². The zero-order valence-electron chi connectivity index (χ0n) is 6.35. The third-order valence-corrected chi connectivity index (χ3v) is 1.25. The van der Waals surface area contributed by atoms with E-state index in [0.717, 1.165) is 0 Å². The molecule has 0 aromatic carbocycles. The van der Waals surface area contributed by atoms with Gasteiger partial charge in [0, 0.05) is 7.05 Å². The maximum atomic E-state index is 11.1. The van der Waals surface area contributed by atoms with Crippen LogP contribution in [0.15, 0.2) is 0 Å². The molecule has 0 saturated carbocycles. The van der Waals surface area contributed by atoms with Crippen molar-refractivity contribution >= 4 is 5.78 Å². The molecule has 6 nitrogen and oxygen atoms in total. The molecule has 0 aliphatic heterocycles. The first-order valence-electron chi connectivity index (χ1n) is 3.15.